The summed E-state index contributed by atoms with van der Waals surface area (Å²) in [5, 5.41) is 0. The lowest BCUT2D eigenvalue weighted by molar-refractivity contribution is 0.283. The van der Waals surface area contributed by atoms with Crippen molar-refractivity contribution in [3.8, 4) is 5.75 Å². The van der Waals surface area contributed by atoms with Gasteiger partial charge in [0.1, 0.15) is 5.75 Å². The number of nitrogens with zero attached hydrogens (tertiary/aromatic N) is 1. The molecule has 3 heteroatoms. The smallest absolute Gasteiger partial charge is 0.124 e. The number of likely N-dealkylation sites (N-methyl/N-ethyl adjacent to an activating group) is 1. The van der Waals surface area contributed by atoms with Gasteiger partial charge < -0.3 is 15.4 Å². The van der Waals surface area contributed by atoms with Crippen LogP contribution in [-0.4, -0.2) is 32.1 Å². The summed E-state index contributed by atoms with van der Waals surface area (Å²) in [6, 6.07) is 8.28. The molecule has 0 aromatic heterocycles. The van der Waals surface area contributed by atoms with Crippen LogP contribution in [0.5, 0.6) is 5.75 Å². The monoisotopic (exact) mass is 208 g/mol. The lowest BCUT2D eigenvalue weighted by Gasteiger charge is -2.25. The third-order valence-corrected chi connectivity index (χ3v) is 2.42. The largest absolute Gasteiger partial charge is 0.494 e. The molecule has 84 valence electrons. The Morgan fingerprint density at radius 3 is 2.53 bits per heavy atom. The maximum atomic E-state index is 5.77. The van der Waals surface area contributed by atoms with Crippen molar-refractivity contribution >= 4 is 0 Å². The molecule has 0 bridgehead atoms. The van der Waals surface area contributed by atoms with E-state index in [0.717, 1.165) is 11.3 Å². The summed E-state index contributed by atoms with van der Waals surface area (Å²) in [6.45, 7) is 3.27. The van der Waals surface area contributed by atoms with Gasteiger partial charge in [0, 0.05) is 12.1 Å². The van der Waals surface area contributed by atoms with Gasteiger partial charge >= 0.3 is 0 Å². The van der Waals surface area contributed by atoms with Gasteiger partial charge in [0.05, 0.1) is 12.6 Å². The van der Waals surface area contributed by atoms with Crippen LogP contribution in [0, 0.1) is 0 Å². The van der Waals surface area contributed by atoms with Gasteiger partial charge in [-0.3, -0.25) is 0 Å². The molecule has 0 amide bonds. The fourth-order valence-corrected chi connectivity index (χ4v) is 1.66. The quantitative estimate of drug-likeness (QED) is 0.799. The highest BCUT2D eigenvalue weighted by molar-refractivity contribution is 5.36. The first-order valence-corrected chi connectivity index (χ1v) is 5.29. The predicted molar refractivity (Wildman–Crippen MR) is 63.1 cm³/mol. The molecule has 0 spiro atoms. The fraction of sp³-hybridized carbons (Fsp3) is 0.500. The van der Waals surface area contributed by atoms with Crippen molar-refractivity contribution in [2.45, 2.75) is 13.0 Å². The van der Waals surface area contributed by atoms with Crippen molar-refractivity contribution < 1.29 is 4.74 Å². The minimum absolute atomic E-state index is 0.216. The molecule has 0 aliphatic heterocycles. The maximum Gasteiger partial charge on any atom is 0.124 e. The second-order valence-electron chi connectivity index (χ2n) is 3.69. The molecule has 0 radical (unpaired) electrons. The number of nitrogens with two attached hydrogens (primary N) is 1. The van der Waals surface area contributed by atoms with E-state index in [4.69, 9.17) is 10.5 Å². The van der Waals surface area contributed by atoms with E-state index in [1.165, 1.54) is 0 Å². The molecular weight excluding hydrogens is 188 g/mol. The Morgan fingerprint density at radius 2 is 2.00 bits per heavy atom. The standard InChI is InChI=1S/C12H20N2O/c1-4-15-12-8-6-5-7-10(12)11(9-13)14(2)3/h5-8,11H,4,9,13H2,1-3H3. The summed E-state index contributed by atoms with van der Waals surface area (Å²) in [4.78, 5) is 2.11. The lowest BCUT2D eigenvalue weighted by Crippen LogP contribution is -2.27. The molecule has 15 heavy (non-hydrogen) atoms. The van der Waals surface area contributed by atoms with Crippen LogP contribution < -0.4 is 10.5 Å². The molecular formula is C12H20N2O. The van der Waals surface area contributed by atoms with E-state index >= 15 is 0 Å². The van der Waals surface area contributed by atoms with Crippen LogP contribution in [0.2, 0.25) is 0 Å². The van der Waals surface area contributed by atoms with E-state index in [2.05, 4.69) is 11.0 Å². The number of benzene rings is 1. The third kappa shape index (κ3) is 2.94. The van der Waals surface area contributed by atoms with E-state index < -0.39 is 0 Å². The van der Waals surface area contributed by atoms with E-state index in [9.17, 15) is 0 Å². The first-order chi connectivity index (χ1) is 7.20. The van der Waals surface area contributed by atoms with Crippen LogP contribution >= 0.6 is 0 Å². The van der Waals surface area contributed by atoms with Crippen molar-refractivity contribution in [1.29, 1.82) is 0 Å². The van der Waals surface area contributed by atoms with Crippen LogP contribution in [0.25, 0.3) is 0 Å². The highest BCUT2D eigenvalue weighted by atomic mass is 16.5. The van der Waals surface area contributed by atoms with E-state index in [1.807, 2.05) is 39.2 Å². The molecule has 0 heterocycles. The van der Waals surface area contributed by atoms with Crippen molar-refractivity contribution in [1.82, 2.24) is 4.90 Å². The molecule has 1 unspecified atom stereocenters. The fourth-order valence-electron chi connectivity index (χ4n) is 1.66. The van der Waals surface area contributed by atoms with Crippen LogP contribution in [0.15, 0.2) is 24.3 Å². The van der Waals surface area contributed by atoms with Crippen molar-refractivity contribution in [2.24, 2.45) is 5.73 Å². The zero-order valence-electron chi connectivity index (χ0n) is 9.73. The summed E-state index contributed by atoms with van der Waals surface area (Å²) in [7, 11) is 4.06. The molecule has 0 aliphatic carbocycles. The molecule has 1 aromatic carbocycles. The SMILES string of the molecule is CCOc1ccccc1C(CN)N(C)C. The van der Waals surface area contributed by atoms with Gasteiger partial charge in [-0.2, -0.15) is 0 Å². The van der Waals surface area contributed by atoms with Gasteiger partial charge in [-0.25, -0.2) is 0 Å². The molecule has 0 saturated heterocycles. The molecule has 0 aliphatic rings. The molecule has 2 N–H and O–H groups in total. The second-order valence-corrected chi connectivity index (χ2v) is 3.69. The van der Waals surface area contributed by atoms with Crippen molar-refractivity contribution in [2.75, 3.05) is 27.2 Å². The third-order valence-electron chi connectivity index (χ3n) is 2.42. The van der Waals surface area contributed by atoms with E-state index in [0.29, 0.717) is 13.2 Å². The summed E-state index contributed by atoms with van der Waals surface area (Å²) in [5.74, 6) is 0.934. The van der Waals surface area contributed by atoms with E-state index in [1.54, 1.807) is 0 Å². The first-order valence-electron chi connectivity index (χ1n) is 5.29. The van der Waals surface area contributed by atoms with Crippen molar-refractivity contribution in [3.63, 3.8) is 0 Å². The minimum Gasteiger partial charge on any atom is -0.494 e. The van der Waals surface area contributed by atoms with Crippen LogP contribution in [0.3, 0.4) is 0 Å². The summed E-state index contributed by atoms with van der Waals surface area (Å²) in [6.07, 6.45) is 0. The van der Waals surface area contributed by atoms with Crippen LogP contribution in [0.4, 0.5) is 0 Å². The van der Waals surface area contributed by atoms with Gasteiger partial charge in [0.2, 0.25) is 0 Å². The minimum atomic E-state index is 0.216. The Morgan fingerprint density at radius 1 is 1.33 bits per heavy atom. The Bertz CT molecular complexity index is 299. The number of ether oxygens (including phenoxy) is 1. The molecule has 0 saturated carbocycles. The Kier molecular flexibility index (Phi) is 4.59. The zero-order chi connectivity index (χ0) is 11.3. The Labute approximate surface area is 91.8 Å². The highest BCUT2D eigenvalue weighted by Gasteiger charge is 2.15. The van der Waals surface area contributed by atoms with Crippen molar-refractivity contribution in [3.05, 3.63) is 29.8 Å². The average molecular weight is 208 g/mol. The van der Waals surface area contributed by atoms with Gasteiger partial charge in [-0.1, -0.05) is 18.2 Å². The first kappa shape index (κ1) is 12.0. The maximum absolute atomic E-state index is 5.77. The van der Waals surface area contributed by atoms with Gasteiger partial charge in [0.15, 0.2) is 0 Å². The number of rotatable bonds is 5. The topological polar surface area (TPSA) is 38.5 Å². The second kappa shape index (κ2) is 5.73. The molecule has 0 fully saturated rings. The average Bonchev–Trinajstić information content (AvgIpc) is 2.21. The summed E-state index contributed by atoms with van der Waals surface area (Å²) >= 11 is 0. The summed E-state index contributed by atoms with van der Waals surface area (Å²) in [5.41, 5.74) is 6.93. The van der Waals surface area contributed by atoms with Gasteiger partial charge in [0.25, 0.3) is 0 Å². The van der Waals surface area contributed by atoms with Crippen LogP contribution in [-0.2, 0) is 0 Å². The molecule has 1 atom stereocenters. The molecule has 3 nitrogen and oxygen atoms in total. The number of hydrogen-bond donors (Lipinski definition) is 1. The van der Waals surface area contributed by atoms with Gasteiger partial charge in [-0.15, -0.1) is 0 Å². The number of hydrogen-bond acceptors (Lipinski definition) is 3. The van der Waals surface area contributed by atoms with Gasteiger partial charge in [-0.05, 0) is 27.1 Å². The molecule has 1 rings (SSSR count). The Balaban J connectivity index is 2.99. The number of para-hydroxylation sites is 1. The normalized spacial score (nSPS) is 12.9. The summed E-state index contributed by atoms with van der Waals surface area (Å²) < 4.78 is 5.59. The van der Waals surface area contributed by atoms with E-state index in [-0.39, 0.29) is 6.04 Å². The zero-order valence-corrected chi connectivity index (χ0v) is 9.73. The lowest BCUT2D eigenvalue weighted by atomic mass is 10.1. The van der Waals surface area contributed by atoms with Crippen LogP contribution in [0.1, 0.15) is 18.5 Å². The Hall–Kier alpha value is -1.06. The predicted octanol–water partition coefficient (Wildman–Crippen LogP) is 1.65. The highest BCUT2D eigenvalue weighted by Crippen LogP contribution is 2.27. The molecule has 1 aromatic rings.